The normalized spacial score (nSPS) is 26.0. The van der Waals surface area contributed by atoms with Gasteiger partial charge in [0.25, 0.3) is 0 Å². The molecule has 1 aromatic carbocycles. The Bertz CT molecular complexity index is 1030. The Hall–Kier alpha value is -3.10. The fourth-order valence-electron chi connectivity index (χ4n) is 5.66. The molecule has 3 aliphatic rings. The van der Waals surface area contributed by atoms with E-state index in [4.69, 9.17) is 9.47 Å². The van der Waals surface area contributed by atoms with Crippen molar-refractivity contribution in [2.75, 3.05) is 23.6 Å². The van der Waals surface area contributed by atoms with Gasteiger partial charge in [0.15, 0.2) is 11.5 Å². The first-order chi connectivity index (χ1) is 14.2. The van der Waals surface area contributed by atoms with E-state index in [9.17, 15) is 10.1 Å². The summed E-state index contributed by atoms with van der Waals surface area (Å²) in [6, 6.07) is 5.54. The van der Waals surface area contributed by atoms with Crippen molar-refractivity contribution in [3.63, 3.8) is 0 Å². The lowest BCUT2D eigenvalue weighted by atomic mass is 9.65. The molecule has 3 heterocycles. The second-order valence-electron chi connectivity index (χ2n) is 9.69. The zero-order valence-electron chi connectivity index (χ0n) is 17.3. The number of nitro groups is 1. The van der Waals surface area contributed by atoms with Gasteiger partial charge in [-0.15, -0.1) is 0 Å². The van der Waals surface area contributed by atoms with Crippen LogP contribution in [0.4, 0.5) is 23.0 Å². The van der Waals surface area contributed by atoms with Gasteiger partial charge in [-0.05, 0) is 42.2 Å². The second-order valence-corrected chi connectivity index (χ2v) is 9.69. The van der Waals surface area contributed by atoms with Crippen LogP contribution in [-0.2, 0) is 0 Å². The van der Waals surface area contributed by atoms with Crippen LogP contribution < -0.4 is 19.7 Å². The molecule has 0 amide bonds. The molecule has 0 spiro atoms. The van der Waals surface area contributed by atoms with E-state index in [1.54, 1.807) is 18.2 Å². The van der Waals surface area contributed by atoms with Gasteiger partial charge in [0, 0.05) is 24.3 Å². The third-order valence-electron chi connectivity index (χ3n) is 6.31. The summed E-state index contributed by atoms with van der Waals surface area (Å²) < 4.78 is 10.7. The van der Waals surface area contributed by atoms with Gasteiger partial charge >= 0.3 is 5.69 Å². The van der Waals surface area contributed by atoms with Gasteiger partial charge in [0.2, 0.25) is 18.4 Å². The van der Waals surface area contributed by atoms with Gasteiger partial charge in [0.1, 0.15) is 6.33 Å². The average molecular weight is 411 g/mol. The monoisotopic (exact) mass is 411 g/mol. The molecule has 2 fully saturated rings. The van der Waals surface area contributed by atoms with Crippen LogP contribution in [0.1, 0.15) is 40.0 Å². The number of ether oxygens (including phenoxy) is 2. The third kappa shape index (κ3) is 3.18. The molecule has 1 aliphatic carbocycles. The van der Waals surface area contributed by atoms with Gasteiger partial charge < -0.3 is 19.7 Å². The van der Waals surface area contributed by atoms with Crippen LogP contribution in [0.15, 0.2) is 24.5 Å². The highest BCUT2D eigenvalue weighted by atomic mass is 16.7. The SMILES string of the molecule is CC1(C)CC2CC(C)(CN2c2ncnc(Nc3ccc4c(c3)OCO4)c2[N+](=O)[O-])C1. The molecule has 1 N–H and O–H groups in total. The number of nitrogens with zero attached hydrogens (tertiary/aromatic N) is 4. The maximum Gasteiger partial charge on any atom is 0.353 e. The van der Waals surface area contributed by atoms with Gasteiger partial charge in [-0.25, -0.2) is 9.97 Å². The smallest absolute Gasteiger partial charge is 0.353 e. The molecule has 2 aromatic rings. The largest absolute Gasteiger partial charge is 0.454 e. The summed E-state index contributed by atoms with van der Waals surface area (Å²) in [7, 11) is 0. The molecule has 2 bridgehead atoms. The molecule has 2 unspecified atom stereocenters. The van der Waals surface area contributed by atoms with E-state index in [1.807, 2.05) is 0 Å². The Morgan fingerprint density at radius 2 is 2.00 bits per heavy atom. The molecule has 5 rings (SSSR count). The van der Waals surface area contributed by atoms with E-state index in [0.717, 1.165) is 25.8 Å². The van der Waals surface area contributed by atoms with Crippen molar-refractivity contribution < 1.29 is 14.4 Å². The molecule has 158 valence electrons. The molecule has 0 radical (unpaired) electrons. The number of aromatic nitrogens is 2. The van der Waals surface area contributed by atoms with Crippen LogP contribution in [-0.4, -0.2) is 34.3 Å². The van der Waals surface area contributed by atoms with Crippen molar-refractivity contribution in [2.24, 2.45) is 10.8 Å². The standard InChI is InChI=1S/C21H25N5O4/c1-20(2)7-14-8-21(3,9-20)10-25(14)19-17(26(27)28)18(22-11-23-19)24-13-4-5-15-16(6-13)30-12-29-15/h4-6,11,14H,7-10,12H2,1-3H3,(H,22,23,24). The van der Waals surface area contributed by atoms with Crippen molar-refractivity contribution in [1.29, 1.82) is 0 Å². The number of fused-ring (bicyclic) bond motifs is 3. The van der Waals surface area contributed by atoms with E-state index >= 15 is 0 Å². The Morgan fingerprint density at radius 1 is 1.20 bits per heavy atom. The number of hydrogen-bond acceptors (Lipinski definition) is 8. The van der Waals surface area contributed by atoms with E-state index in [-0.39, 0.29) is 40.1 Å². The lowest BCUT2D eigenvalue weighted by molar-refractivity contribution is -0.383. The van der Waals surface area contributed by atoms with Crippen molar-refractivity contribution in [3.8, 4) is 11.5 Å². The number of rotatable bonds is 4. The van der Waals surface area contributed by atoms with Crippen LogP contribution in [0.25, 0.3) is 0 Å². The molecule has 1 saturated heterocycles. The Morgan fingerprint density at radius 3 is 2.80 bits per heavy atom. The summed E-state index contributed by atoms with van der Waals surface area (Å²) >= 11 is 0. The summed E-state index contributed by atoms with van der Waals surface area (Å²) in [6.07, 6.45) is 4.53. The molecule has 9 heteroatoms. The fraction of sp³-hybridized carbons (Fsp3) is 0.524. The minimum absolute atomic E-state index is 0.0934. The number of nitrogens with one attached hydrogen (secondary N) is 1. The summed E-state index contributed by atoms with van der Waals surface area (Å²) in [4.78, 5) is 22.4. The first-order valence-corrected chi connectivity index (χ1v) is 10.2. The molecule has 1 saturated carbocycles. The number of anilines is 3. The topological polar surface area (TPSA) is 103 Å². The van der Waals surface area contributed by atoms with E-state index < -0.39 is 0 Å². The van der Waals surface area contributed by atoms with Crippen LogP contribution in [0.2, 0.25) is 0 Å². The maximum absolute atomic E-state index is 12.1. The number of benzene rings is 1. The molecule has 30 heavy (non-hydrogen) atoms. The highest BCUT2D eigenvalue weighted by Crippen LogP contribution is 2.54. The van der Waals surface area contributed by atoms with Crippen LogP contribution >= 0.6 is 0 Å². The van der Waals surface area contributed by atoms with Crippen molar-refractivity contribution >= 4 is 23.0 Å². The van der Waals surface area contributed by atoms with Gasteiger partial charge in [-0.1, -0.05) is 20.8 Å². The zero-order valence-corrected chi connectivity index (χ0v) is 17.3. The van der Waals surface area contributed by atoms with Crippen LogP contribution in [0.3, 0.4) is 0 Å². The van der Waals surface area contributed by atoms with Gasteiger partial charge in [-0.3, -0.25) is 10.1 Å². The molecule has 2 aliphatic heterocycles. The fourth-order valence-corrected chi connectivity index (χ4v) is 5.66. The summed E-state index contributed by atoms with van der Waals surface area (Å²) in [5, 5.41) is 15.2. The van der Waals surface area contributed by atoms with Crippen molar-refractivity contribution in [2.45, 2.75) is 46.1 Å². The highest BCUT2D eigenvalue weighted by molar-refractivity contribution is 5.75. The van der Waals surface area contributed by atoms with Gasteiger partial charge in [0.05, 0.1) is 4.92 Å². The zero-order chi connectivity index (χ0) is 21.1. The van der Waals surface area contributed by atoms with Crippen molar-refractivity contribution in [3.05, 3.63) is 34.6 Å². The number of hydrogen-bond donors (Lipinski definition) is 1. The quantitative estimate of drug-likeness (QED) is 0.588. The van der Waals surface area contributed by atoms with E-state index in [0.29, 0.717) is 23.0 Å². The molecular weight excluding hydrogens is 386 g/mol. The third-order valence-corrected chi connectivity index (χ3v) is 6.31. The lowest BCUT2D eigenvalue weighted by Crippen LogP contribution is -2.35. The predicted molar refractivity (Wildman–Crippen MR) is 111 cm³/mol. The molecule has 9 nitrogen and oxygen atoms in total. The molecule has 1 aromatic heterocycles. The summed E-state index contributed by atoms with van der Waals surface area (Å²) in [5.74, 6) is 1.82. The summed E-state index contributed by atoms with van der Waals surface area (Å²) in [5.41, 5.74) is 0.891. The first-order valence-electron chi connectivity index (χ1n) is 10.2. The maximum atomic E-state index is 12.1. The van der Waals surface area contributed by atoms with Crippen LogP contribution in [0, 0.1) is 20.9 Å². The van der Waals surface area contributed by atoms with Crippen molar-refractivity contribution in [1.82, 2.24) is 9.97 Å². The van der Waals surface area contributed by atoms with E-state index in [2.05, 4.69) is 41.0 Å². The Kier molecular flexibility index (Phi) is 4.06. The highest BCUT2D eigenvalue weighted by Gasteiger charge is 2.51. The molecular formula is C21H25N5O4. The Labute approximate surface area is 174 Å². The molecule has 2 atom stereocenters. The summed E-state index contributed by atoms with van der Waals surface area (Å²) in [6.45, 7) is 7.77. The second kappa shape index (κ2) is 6.45. The van der Waals surface area contributed by atoms with Gasteiger partial charge in [-0.2, -0.15) is 0 Å². The van der Waals surface area contributed by atoms with Crippen LogP contribution in [0.5, 0.6) is 11.5 Å². The minimum atomic E-state index is -0.388. The Balaban J connectivity index is 1.51. The first kappa shape index (κ1) is 18.9. The minimum Gasteiger partial charge on any atom is -0.454 e. The average Bonchev–Trinajstić information content (AvgIpc) is 3.21. The lowest BCUT2D eigenvalue weighted by Gasteiger charge is -2.39. The predicted octanol–water partition coefficient (Wildman–Crippen LogP) is 4.26. The van der Waals surface area contributed by atoms with E-state index in [1.165, 1.54) is 6.33 Å².